The van der Waals surface area contributed by atoms with Crippen LogP contribution < -0.4 is 5.32 Å². The first-order valence-electron chi connectivity index (χ1n) is 6.38. The number of benzene rings is 1. The Bertz CT molecular complexity index is 680. The summed E-state index contributed by atoms with van der Waals surface area (Å²) in [6.07, 6.45) is 0. The summed E-state index contributed by atoms with van der Waals surface area (Å²) in [7, 11) is 0. The summed E-state index contributed by atoms with van der Waals surface area (Å²) in [6.45, 7) is 2.18. The van der Waals surface area contributed by atoms with Gasteiger partial charge < -0.3 is 10.4 Å². The molecule has 0 spiro atoms. The number of carboxylic acid groups (broad SMARTS) is 1. The fourth-order valence-electron chi connectivity index (χ4n) is 2.48. The highest BCUT2D eigenvalue weighted by Gasteiger charge is 2.22. The van der Waals surface area contributed by atoms with Crippen LogP contribution in [0.15, 0.2) is 24.3 Å². The number of nitrogens with zero attached hydrogens (tertiary/aromatic N) is 1. The fourth-order valence-corrected chi connectivity index (χ4v) is 3.53. The molecule has 1 aliphatic heterocycles. The molecule has 5 nitrogen and oxygen atoms in total. The number of fused-ring (bicyclic) bond motifs is 1. The van der Waals surface area contributed by atoms with Gasteiger partial charge in [0.1, 0.15) is 4.88 Å². The summed E-state index contributed by atoms with van der Waals surface area (Å²) in [5.74, 6) is -0.907. The van der Waals surface area contributed by atoms with Gasteiger partial charge in [-0.05, 0) is 17.0 Å². The monoisotopic (exact) mass is 290 g/mol. The number of carbonyl (C=O) groups excluding carboxylic acids is 1. The summed E-state index contributed by atoms with van der Waals surface area (Å²) >= 11 is 1.29. The maximum absolute atomic E-state index is 11.4. The molecule has 104 valence electrons. The van der Waals surface area contributed by atoms with E-state index in [2.05, 4.69) is 5.32 Å². The van der Waals surface area contributed by atoms with Gasteiger partial charge in [-0.1, -0.05) is 18.2 Å². The molecular weight excluding hydrogens is 276 g/mol. The normalized spacial score (nSPS) is 16.3. The van der Waals surface area contributed by atoms with E-state index < -0.39 is 5.97 Å². The quantitative estimate of drug-likeness (QED) is 0.899. The topological polar surface area (TPSA) is 69.6 Å². The van der Waals surface area contributed by atoms with E-state index in [1.807, 2.05) is 29.2 Å². The van der Waals surface area contributed by atoms with Crippen molar-refractivity contribution in [2.24, 2.45) is 0 Å². The zero-order valence-corrected chi connectivity index (χ0v) is 11.6. The Morgan fingerprint density at radius 1 is 1.40 bits per heavy atom. The van der Waals surface area contributed by atoms with E-state index in [0.29, 0.717) is 24.5 Å². The maximum Gasteiger partial charge on any atom is 0.346 e. The number of hydrogen-bond donors (Lipinski definition) is 2. The molecule has 0 saturated carbocycles. The third-order valence-electron chi connectivity index (χ3n) is 3.39. The van der Waals surface area contributed by atoms with Crippen LogP contribution in [0.25, 0.3) is 10.1 Å². The molecule has 1 saturated heterocycles. The van der Waals surface area contributed by atoms with E-state index in [9.17, 15) is 14.7 Å². The smallest absolute Gasteiger partial charge is 0.346 e. The Morgan fingerprint density at radius 2 is 2.20 bits per heavy atom. The van der Waals surface area contributed by atoms with Crippen molar-refractivity contribution in [3.8, 4) is 0 Å². The number of piperazine rings is 1. The van der Waals surface area contributed by atoms with Crippen LogP contribution in [-0.4, -0.2) is 41.5 Å². The van der Waals surface area contributed by atoms with Crippen molar-refractivity contribution in [1.29, 1.82) is 0 Å². The molecule has 0 radical (unpaired) electrons. The highest BCUT2D eigenvalue weighted by molar-refractivity contribution is 7.21. The maximum atomic E-state index is 11.4. The molecule has 20 heavy (non-hydrogen) atoms. The standard InChI is InChI=1S/C14H14N2O3S/c17-12-8-16(6-5-15-12)7-10-9-3-1-2-4-11(9)20-13(10)14(18)19/h1-4H,5-8H2,(H,15,17)(H,18,19). The fraction of sp³-hybridized carbons (Fsp3) is 0.286. The van der Waals surface area contributed by atoms with Crippen molar-refractivity contribution >= 4 is 33.3 Å². The minimum Gasteiger partial charge on any atom is -0.477 e. The van der Waals surface area contributed by atoms with E-state index in [4.69, 9.17) is 0 Å². The van der Waals surface area contributed by atoms with Gasteiger partial charge in [-0.2, -0.15) is 0 Å². The van der Waals surface area contributed by atoms with Crippen molar-refractivity contribution in [2.45, 2.75) is 6.54 Å². The molecule has 2 heterocycles. The Hall–Kier alpha value is -1.92. The largest absolute Gasteiger partial charge is 0.477 e. The molecule has 6 heteroatoms. The van der Waals surface area contributed by atoms with Crippen molar-refractivity contribution in [2.75, 3.05) is 19.6 Å². The molecule has 0 aliphatic carbocycles. The predicted octanol–water partition coefficient (Wildman–Crippen LogP) is 1.53. The van der Waals surface area contributed by atoms with Gasteiger partial charge in [-0.25, -0.2) is 4.79 Å². The van der Waals surface area contributed by atoms with E-state index in [-0.39, 0.29) is 5.91 Å². The van der Waals surface area contributed by atoms with Gasteiger partial charge >= 0.3 is 5.97 Å². The Balaban J connectivity index is 1.98. The molecule has 0 unspecified atom stereocenters. The molecule has 1 aromatic heterocycles. The molecular formula is C14H14N2O3S. The molecule has 1 amide bonds. The summed E-state index contributed by atoms with van der Waals surface area (Å²) in [4.78, 5) is 25.2. The van der Waals surface area contributed by atoms with Crippen LogP contribution in [-0.2, 0) is 11.3 Å². The Labute approximate surface area is 119 Å². The van der Waals surface area contributed by atoms with Gasteiger partial charge in [0.2, 0.25) is 5.91 Å². The number of hydrogen-bond acceptors (Lipinski definition) is 4. The Morgan fingerprint density at radius 3 is 2.95 bits per heavy atom. The average molecular weight is 290 g/mol. The molecule has 1 fully saturated rings. The summed E-state index contributed by atoms with van der Waals surface area (Å²) < 4.78 is 0.973. The zero-order chi connectivity index (χ0) is 14.1. The third-order valence-corrected chi connectivity index (χ3v) is 4.59. The van der Waals surface area contributed by atoms with E-state index >= 15 is 0 Å². The number of aromatic carboxylic acids is 1. The van der Waals surface area contributed by atoms with Crippen molar-refractivity contribution < 1.29 is 14.7 Å². The average Bonchev–Trinajstić information content (AvgIpc) is 2.78. The highest BCUT2D eigenvalue weighted by atomic mass is 32.1. The molecule has 3 rings (SSSR count). The van der Waals surface area contributed by atoms with Gasteiger partial charge in [0, 0.05) is 24.3 Å². The predicted molar refractivity (Wildman–Crippen MR) is 77.1 cm³/mol. The third kappa shape index (κ3) is 2.39. The number of carbonyl (C=O) groups is 2. The van der Waals surface area contributed by atoms with Gasteiger partial charge in [-0.3, -0.25) is 9.69 Å². The van der Waals surface area contributed by atoms with Gasteiger partial charge in [-0.15, -0.1) is 11.3 Å². The van der Waals surface area contributed by atoms with E-state index in [1.165, 1.54) is 11.3 Å². The highest BCUT2D eigenvalue weighted by Crippen LogP contribution is 2.32. The van der Waals surface area contributed by atoms with Gasteiger partial charge in [0.05, 0.1) is 6.54 Å². The summed E-state index contributed by atoms with van der Waals surface area (Å²) in [5.41, 5.74) is 0.813. The van der Waals surface area contributed by atoms with E-state index in [1.54, 1.807) is 0 Å². The van der Waals surface area contributed by atoms with Crippen LogP contribution in [0.3, 0.4) is 0 Å². The molecule has 1 aromatic carbocycles. The number of rotatable bonds is 3. The molecule has 2 N–H and O–H groups in total. The zero-order valence-electron chi connectivity index (χ0n) is 10.8. The first kappa shape index (κ1) is 13.1. The Kier molecular flexibility index (Phi) is 3.42. The minimum absolute atomic E-state index is 0.00680. The first-order valence-corrected chi connectivity index (χ1v) is 7.19. The van der Waals surface area contributed by atoms with Crippen LogP contribution in [0.5, 0.6) is 0 Å². The van der Waals surface area contributed by atoms with Crippen LogP contribution >= 0.6 is 11.3 Å². The minimum atomic E-state index is -0.900. The second-order valence-electron chi connectivity index (χ2n) is 4.77. The SMILES string of the molecule is O=C1CN(Cc2c(C(=O)O)sc3ccccc23)CCN1. The number of nitrogens with one attached hydrogen (secondary N) is 1. The first-order chi connectivity index (χ1) is 9.65. The molecule has 0 bridgehead atoms. The van der Waals surface area contributed by atoms with Crippen LogP contribution in [0.2, 0.25) is 0 Å². The number of thiophene rings is 1. The number of amides is 1. The van der Waals surface area contributed by atoms with Crippen LogP contribution in [0.1, 0.15) is 15.2 Å². The number of carboxylic acids is 1. The molecule has 2 aromatic rings. The lowest BCUT2D eigenvalue weighted by atomic mass is 10.1. The van der Waals surface area contributed by atoms with Crippen molar-refractivity contribution in [3.63, 3.8) is 0 Å². The van der Waals surface area contributed by atoms with Crippen molar-refractivity contribution in [1.82, 2.24) is 10.2 Å². The van der Waals surface area contributed by atoms with Crippen LogP contribution in [0, 0.1) is 0 Å². The second-order valence-corrected chi connectivity index (χ2v) is 5.82. The molecule has 1 aliphatic rings. The van der Waals surface area contributed by atoms with Gasteiger partial charge in [0.15, 0.2) is 0 Å². The van der Waals surface area contributed by atoms with E-state index in [0.717, 1.165) is 22.2 Å². The lowest BCUT2D eigenvalue weighted by Crippen LogP contribution is -2.47. The second kappa shape index (κ2) is 5.22. The lowest BCUT2D eigenvalue weighted by molar-refractivity contribution is -0.124. The van der Waals surface area contributed by atoms with Crippen LogP contribution in [0.4, 0.5) is 0 Å². The molecule has 0 atom stereocenters. The van der Waals surface area contributed by atoms with Crippen molar-refractivity contribution in [3.05, 3.63) is 34.7 Å². The lowest BCUT2D eigenvalue weighted by Gasteiger charge is -2.26. The van der Waals surface area contributed by atoms with Gasteiger partial charge in [0.25, 0.3) is 0 Å². The summed E-state index contributed by atoms with van der Waals surface area (Å²) in [6, 6.07) is 7.69. The summed E-state index contributed by atoms with van der Waals surface area (Å²) in [5, 5.41) is 13.1.